The van der Waals surface area contributed by atoms with Crippen molar-refractivity contribution in [3.63, 3.8) is 0 Å². The average molecular weight is 238 g/mol. The van der Waals surface area contributed by atoms with Crippen LogP contribution in [0.25, 0.3) is 0 Å². The summed E-state index contributed by atoms with van der Waals surface area (Å²) < 4.78 is 13.8. The lowest BCUT2D eigenvalue weighted by atomic mass is 9.95. The van der Waals surface area contributed by atoms with Gasteiger partial charge in [-0.15, -0.1) is 0 Å². The number of halogens is 1. The number of hydrogen-bond acceptors (Lipinski definition) is 4. The molecule has 0 aliphatic carbocycles. The van der Waals surface area contributed by atoms with Crippen LogP contribution in [0, 0.1) is 11.7 Å². The minimum atomic E-state index is -0.343. The molecular weight excluding hydrogens is 219 g/mol. The van der Waals surface area contributed by atoms with Gasteiger partial charge in [0.05, 0.1) is 6.20 Å². The number of nitrogens with zero attached hydrogens (tertiary/aromatic N) is 3. The van der Waals surface area contributed by atoms with E-state index in [1.165, 1.54) is 12.6 Å². The van der Waals surface area contributed by atoms with E-state index < -0.39 is 0 Å². The van der Waals surface area contributed by atoms with E-state index in [1.807, 2.05) is 4.90 Å². The van der Waals surface area contributed by atoms with Gasteiger partial charge in [-0.2, -0.15) is 4.98 Å². The number of aromatic nitrogens is 2. The van der Waals surface area contributed by atoms with Crippen LogP contribution in [0.3, 0.4) is 0 Å². The van der Waals surface area contributed by atoms with Crippen molar-refractivity contribution in [2.75, 3.05) is 23.8 Å². The van der Waals surface area contributed by atoms with Gasteiger partial charge in [0.15, 0.2) is 11.6 Å². The summed E-state index contributed by atoms with van der Waals surface area (Å²) in [7, 11) is 1.74. The summed E-state index contributed by atoms with van der Waals surface area (Å²) in [6.45, 7) is 5.17. The predicted molar refractivity (Wildman–Crippen MR) is 66.7 cm³/mol. The van der Waals surface area contributed by atoms with Crippen molar-refractivity contribution in [2.45, 2.75) is 32.7 Å². The van der Waals surface area contributed by atoms with Crippen molar-refractivity contribution in [3.05, 3.63) is 12.0 Å². The second kappa shape index (κ2) is 4.85. The van der Waals surface area contributed by atoms with Crippen molar-refractivity contribution in [3.8, 4) is 0 Å². The van der Waals surface area contributed by atoms with E-state index in [4.69, 9.17) is 0 Å². The van der Waals surface area contributed by atoms with Crippen LogP contribution in [0.15, 0.2) is 6.20 Å². The van der Waals surface area contributed by atoms with E-state index >= 15 is 0 Å². The SMILES string of the molecule is CNc1ncc(F)c(N2CC(C)CCC2C)n1. The quantitative estimate of drug-likeness (QED) is 0.858. The van der Waals surface area contributed by atoms with Gasteiger partial charge in [0.25, 0.3) is 0 Å². The highest BCUT2D eigenvalue weighted by Crippen LogP contribution is 2.28. The molecule has 1 aromatic rings. The Balaban J connectivity index is 2.30. The summed E-state index contributed by atoms with van der Waals surface area (Å²) >= 11 is 0. The lowest BCUT2D eigenvalue weighted by molar-refractivity contribution is 0.383. The number of hydrogen-bond donors (Lipinski definition) is 1. The fraction of sp³-hybridized carbons (Fsp3) is 0.667. The van der Waals surface area contributed by atoms with Gasteiger partial charge < -0.3 is 10.2 Å². The zero-order chi connectivity index (χ0) is 12.4. The van der Waals surface area contributed by atoms with Crippen molar-refractivity contribution in [1.82, 2.24) is 9.97 Å². The summed E-state index contributed by atoms with van der Waals surface area (Å²) in [5.74, 6) is 1.12. The average Bonchev–Trinajstić information content (AvgIpc) is 2.33. The maximum absolute atomic E-state index is 13.8. The van der Waals surface area contributed by atoms with Crippen LogP contribution >= 0.6 is 0 Å². The lowest BCUT2D eigenvalue weighted by Crippen LogP contribution is -2.42. The van der Waals surface area contributed by atoms with Gasteiger partial charge in [0.1, 0.15) is 0 Å². The normalized spacial score (nSPS) is 24.8. The molecule has 94 valence electrons. The molecule has 2 unspecified atom stereocenters. The van der Waals surface area contributed by atoms with E-state index in [2.05, 4.69) is 29.1 Å². The number of anilines is 2. The Bertz CT molecular complexity index is 396. The van der Waals surface area contributed by atoms with Gasteiger partial charge in [0, 0.05) is 19.6 Å². The molecule has 2 rings (SSSR count). The zero-order valence-electron chi connectivity index (χ0n) is 10.6. The Kier molecular flexibility index (Phi) is 3.45. The van der Waals surface area contributed by atoms with Crippen LogP contribution < -0.4 is 10.2 Å². The molecule has 0 aromatic carbocycles. The minimum absolute atomic E-state index is 0.334. The molecule has 0 saturated carbocycles. The van der Waals surface area contributed by atoms with Gasteiger partial charge >= 0.3 is 0 Å². The van der Waals surface area contributed by atoms with Gasteiger partial charge in [-0.05, 0) is 25.7 Å². The van der Waals surface area contributed by atoms with E-state index in [0.29, 0.717) is 23.7 Å². The topological polar surface area (TPSA) is 41.1 Å². The Morgan fingerprint density at radius 3 is 2.88 bits per heavy atom. The van der Waals surface area contributed by atoms with Crippen molar-refractivity contribution in [2.24, 2.45) is 5.92 Å². The van der Waals surface area contributed by atoms with Crippen molar-refractivity contribution < 1.29 is 4.39 Å². The summed E-state index contributed by atoms with van der Waals surface area (Å²) in [5.41, 5.74) is 0. The standard InChI is InChI=1S/C12H19FN4/c1-8-4-5-9(2)17(7-8)11-10(13)6-15-12(14-3)16-11/h6,8-9H,4-5,7H2,1-3H3,(H,14,15,16). The molecule has 1 aromatic heterocycles. The molecule has 1 N–H and O–H groups in total. The highest BCUT2D eigenvalue weighted by atomic mass is 19.1. The molecule has 17 heavy (non-hydrogen) atoms. The number of rotatable bonds is 2. The van der Waals surface area contributed by atoms with Crippen LogP contribution in [0.2, 0.25) is 0 Å². The fourth-order valence-electron chi connectivity index (χ4n) is 2.26. The summed E-state index contributed by atoms with van der Waals surface area (Å²) in [6.07, 6.45) is 3.52. The number of piperidine rings is 1. The first kappa shape index (κ1) is 12.1. The summed E-state index contributed by atoms with van der Waals surface area (Å²) in [5, 5.41) is 2.84. The van der Waals surface area contributed by atoms with E-state index in [9.17, 15) is 4.39 Å². The zero-order valence-corrected chi connectivity index (χ0v) is 10.6. The highest BCUT2D eigenvalue weighted by Gasteiger charge is 2.26. The van der Waals surface area contributed by atoms with Gasteiger partial charge in [0.2, 0.25) is 5.95 Å². The van der Waals surface area contributed by atoms with Crippen molar-refractivity contribution in [1.29, 1.82) is 0 Å². The first-order valence-electron chi connectivity index (χ1n) is 6.08. The fourth-order valence-corrected chi connectivity index (χ4v) is 2.26. The smallest absolute Gasteiger partial charge is 0.224 e. The third-order valence-corrected chi connectivity index (χ3v) is 3.34. The highest BCUT2D eigenvalue weighted by molar-refractivity contribution is 5.45. The molecule has 0 bridgehead atoms. The summed E-state index contributed by atoms with van der Waals surface area (Å²) in [6, 6.07) is 0.334. The predicted octanol–water partition coefficient (Wildman–Crippen LogP) is 2.28. The third kappa shape index (κ3) is 2.48. The van der Waals surface area contributed by atoms with E-state index in [0.717, 1.165) is 13.0 Å². The second-order valence-electron chi connectivity index (χ2n) is 4.80. The van der Waals surface area contributed by atoms with Crippen LogP contribution in [0.5, 0.6) is 0 Å². The maximum Gasteiger partial charge on any atom is 0.224 e. The Labute approximate surface area is 101 Å². The number of nitrogens with one attached hydrogen (secondary N) is 1. The molecule has 5 heteroatoms. The molecule has 1 aliphatic heterocycles. The third-order valence-electron chi connectivity index (χ3n) is 3.34. The van der Waals surface area contributed by atoms with Crippen molar-refractivity contribution >= 4 is 11.8 Å². The summed E-state index contributed by atoms with van der Waals surface area (Å²) in [4.78, 5) is 10.1. The molecule has 4 nitrogen and oxygen atoms in total. The Morgan fingerprint density at radius 2 is 2.18 bits per heavy atom. The van der Waals surface area contributed by atoms with Gasteiger partial charge in [-0.3, -0.25) is 0 Å². The lowest BCUT2D eigenvalue weighted by Gasteiger charge is -2.37. The molecular formula is C12H19FN4. The maximum atomic E-state index is 13.8. The van der Waals surface area contributed by atoms with Crippen LogP contribution in [0.1, 0.15) is 26.7 Å². The van der Waals surface area contributed by atoms with E-state index in [-0.39, 0.29) is 5.82 Å². The van der Waals surface area contributed by atoms with Gasteiger partial charge in [-0.25, -0.2) is 9.37 Å². The molecule has 2 heterocycles. The molecule has 1 aliphatic rings. The molecule has 0 spiro atoms. The monoisotopic (exact) mass is 238 g/mol. The molecule has 1 fully saturated rings. The Morgan fingerprint density at radius 1 is 1.41 bits per heavy atom. The first-order chi connectivity index (χ1) is 8.11. The molecule has 1 saturated heterocycles. The second-order valence-corrected chi connectivity index (χ2v) is 4.80. The Hall–Kier alpha value is -1.39. The molecule has 0 amide bonds. The molecule has 2 atom stereocenters. The first-order valence-corrected chi connectivity index (χ1v) is 6.08. The van der Waals surface area contributed by atoms with Crippen LogP contribution in [-0.4, -0.2) is 29.6 Å². The van der Waals surface area contributed by atoms with E-state index in [1.54, 1.807) is 7.05 Å². The van der Waals surface area contributed by atoms with Crippen LogP contribution in [0.4, 0.5) is 16.2 Å². The molecule has 0 radical (unpaired) electrons. The largest absolute Gasteiger partial charge is 0.357 e. The van der Waals surface area contributed by atoms with Crippen LogP contribution in [-0.2, 0) is 0 Å². The van der Waals surface area contributed by atoms with Gasteiger partial charge in [-0.1, -0.05) is 6.92 Å². The minimum Gasteiger partial charge on any atom is -0.357 e.